The fourth-order valence-corrected chi connectivity index (χ4v) is 0.934. The number of thiocarbonyl (C=S) groups is 2. The van der Waals surface area contributed by atoms with Crippen LogP contribution in [0.1, 0.15) is 0 Å². The molecule has 0 radical (unpaired) electrons. The van der Waals surface area contributed by atoms with Gasteiger partial charge in [0.2, 0.25) is 0 Å². The predicted molar refractivity (Wildman–Crippen MR) is 77.5 cm³/mol. The summed E-state index contributed by atoms with van der Waals surface area (Å²) in [6.07, 6.45) is 0. The van der Waals surface area contributed by atoms with Gasteiger partial charge in [-0.25, -0.2) is 0 Å². The van der Waals surface area contributed by atoms with E-state index in [-0.39, 0.29) is 0 Å². The Morgan fingerprint density at radius 1 is 0.875 bits per heavy atom. The number of hydrazine groups is 1. The number of halogens is 2. The van der Waals surface area contributed by atoms with Crippen LogP contribution in [0, 0.1) is 0 Å². The second kappa shape index (κ2) is 8.58. The van der Waals surface area contributed by atoms with Gasteiger partial charge in [0.15, 0.2) is 10.2 Å². The lowest BCUT2D eigenvalue weighted by Crippen LogP contribution is -2.50. The van der Waals surface area contributed by atoms with Crippen molar-refractivity contribution in [2.45, 2.75) is 0 Å². The van der Waals surface area contributed by atoms with Crippen LogP contribution in [0.2, 0.25) is 0 Å². The van der Waals surface area contributed by atoms with E-state index in [9.17, 15) is 0 Å². The minimum Gasteiger partial charge on any atom is -0.356 e. The quantitative estimate of drug-likeness (QED) is 0.464. The average molecular weight is 299 g/mol. The summed E-state index contributed by atoms with van der Waals surface area (Å²) in [5.74, 6) is 0. The van der Waals surface area contributed by atoms with Crippen molar-refractivity contribution in [3.05, 3.63) is 23.2 Å². The second-order valence-electron chi connectivity index (χ2n) is 2.65. The fraction of sp³-hybridized carbons (Fsp3) is 0.250. The highest BCUT2D eigenvalue weighted by Gasteiger charge is 1.97. The van der Waals surface area contributed by atoms with Crippen molar-refractivity contribution < 1.29 is 0 Å². The third-order valence-corrected chi connectivity index (χ3v) is 1.93. The maximum atomic E-state index is 5.54. The van der Waals surface area contributed by atoms with E-state index in [1.165, 1.54) is 0 Å². The molecule has 0 atom stereocenters. The Kier molecular flexibility index (Phi) is 8.28. The topological polar surface area (TPSA) is 48.1 Å². The first kappa shape index (κ1) is 15.4. The van der Waals surface area contributed by atoms with Crippen molar-refractivity contribution >= 4 is 57.9 Å². The Hall–Kier alpha value is -0.560. The molecule has 16 heavy (non-hydrogen) atoms. The van der Waals surface area contributed by atoms with Crippen molar-refractivity contribution in [3.8, 4) is 0 Å². The van der Waals surface area contributed by atoms with Crippen molar-refractivity contribution in [1.82, 2.24) is 21.5 Å². The lowest BCUT2D eigenvalue weighted by Gasteiger charge is -2.13. The van der Waals surface area contributed by atoms with Gasteiger partial charge >= 0.3 is 0 Å². The Balaban J connectivity index is 3.63. The molecule has 0 fully saturated rings. The van der Waals surface area contributed by atoms with Crippen molar-refractivity contribution in [1.29, 1.82) is 0 Å². The first-order chi connectivity index (χ1) is 7.41. The van der Waals surface area contributed by atoms with Crippen LogP contribution >= 0.6 is 47.6 Å². The van der Waals surface area contributed by atoms with Crippen LogP contribution in [-0.2, 0) is 0 Å². The smallest absolute Gasteiger partial charge is 0.185 e. The molecule has 0 aliphatic heterocycles. The zero-order chi connectivity index (χ0) is 12.6. The molecule has 0 heterocycles. The van der Waals surface area contributed by atoms with Crippen molar-refractivity contribution in [2.75, 3.05) is 13.1 Å². The Bertz CT molecular complexity index is 276. The van der Waals surface area contributed by atoms with Gasteiger partial charge in [0.1, 0.15) is 0 Å². The Morgan fingerprint density at radius 3 is 1.44 bits per heavy atom. The first-order valence-electron chi connectivity index (χ1n) is 4.16. The van der Waals surface area contributed by atoms with Crippen molar-refractivity contribution in [3.63, 3.8) is 0 Å². The van der Waals surface area contributed by atoms with E-state index in [1.807, 2.05) is 0 Å². The molecule has 0 unspecified atom stereocenters. The first-order valence-corrected chi connectivity index (χ1v) is 5.73. The third-order valence-electron chi connectivity index (χ3n) is 1.17. The van der Waals surface area contributed by atoms with E-state index in [1.54, 1.807) is 0 Å². The number of rotatable bonds is 4. The van der Waals surface area contributed by atoms with E-state index in [0.29, 0.717) is 33.4 Å². The molecule has 0 aromatic heterocycles. The highest BCUT2D eigenvalue weighted by Crippen LogP contribution is 1.92. The van der Waals surface area contributed by atoms with Gasteiger partial charge in [0.05, 0.1) is 13.1 Å². The second-order valence-corrected chi connectivity index (χ2v) is 4.54. The average Bonchev–Trinajstić information content (AvgIpc) is 2.20. The van der Waals surface area contributed by atoms with Gasteiger partial charge in [0.25, 0.3) is 0 Å². The summed E-state index contributed by atoms with van der Waals surface area (Å²) < 4.78 is 0. The van der Waals surface area contributed by atoms with Gasteiger partial charge in [-0.2, -0.15) is 0 Å². The summed E-state index contributed by atoms with van der Waals surface area (Å²) >= 11 is 20.9. The third kappa shape index (κ3) is 9.97. The van der Waals surface area contributed by atoms with E-state index in [2.05, 4.69) is 34.6 Å². The highest BCUT2D eigenvalue weighted by molar-refractivity contribution is 7.80. The molecule has 0 saturated carbocycles. The van der Waals surface area contributed by atoms with Crippen LogP contribution in [0.25, 0.3) is 0 Å². The molecule has 0 aliphatic rings. The minimum atomic E-state index is 0.357. The number of nitrogens with one attached hydrogen (secondary N) is 4. The van der Waals surface area contributed by atoms with Gasteiger partial charge in [0, 0.05) is 10.1 Å². The van der Waals surface area contributed by atoms with Gasteiger partial charge < -0.3 is 10.6 Å². The monoisotopic (exact) mass is 298 g/mol. The summed E-state index contributed by atoms with van der Waals surface area (Å²) in [5.41, 5.74) is 5.31. The largest absolute Gasteiger partial charge is 0.356 e. The van der Waals surface area contributed by atoms with Crippen LogP contribution in [0.15, 0.2) is 23.2 Å². The molecule has 0 saturated heterocycles. The lowest BCUT2D eigenvalue weighted by molar-refractivity contribution is 0.806. The number of hydrogen-bond acceptors (Lipinski definition) is 2. The molecule has 0 aromatic rings. The zero-order valence-corrected chi connectivity index (χ0v) is 11.5. The molecule has 4 N–H and O–H groups in total. The minimum absolute atomic E-state index is 0.357. The number of hydrogen-bond donors (Lipinski definition) is 4. The Labute approximate surface area is 115 Å². The maximum absolute atomic E-state index is 5.54. The highest BCUT2D eigenvalue weighted by atomic mass is 35.5. The molecule has 0 bridgehead atoms. The van der Waals surface area contributed by atoms with E-state index < -0.39 is 0 Å². The molecule has 8 heteroatoms. The summed E-state index contributed by atoms with van der Waals surface area (Å²) in [6, 6.07) is 0. The molecule has 0 aliphatic carbocycles. The van der Waals surface area contributed by atoms with Crippen LogP contribution in [-0.4, -0.2) is 23.3 Å². The van der Waals surface area contributed by atoms with Gasteiger partial charge in [-0.3, -0.25) is 10.9 Å². The maximum Gasteiger partial charge on any atom is 0.185 e. The standard InChI is InChI=1S/C8H12Cl2N4S2/c1-5(9)3-11-7(15)13-14-8(16)12-4-6(2)10/h1-4H2,(H2,11,13,15)(H2,12,14,16). The van der Waals surface area contributed by atoms with Crippen LogP contribution < -0.4 is 21.5 Å². The fourth-order valence-electron chi connectivity index (χ4n) is 0.554. The SMILES string of the molecule is C=C(Cl)CNC(=S)NNC(=S)NCC(=C)Cl. The lowest BCUT2D eigenvalue weighted by atomic mass is 10.6. The summed E-state index contributed by atoms with van der Waals surface area (Å²) in [6.45, 7) is 7.77. The van der Waals surface area contributed by atoms with Crippen LogP contribution in [0.4, 0.5) is 0 Å². The molecule has 0 amide bonds. The van der Waals surface area contributed by atoms with E-state index in [4.69, 9.17) is 47.6 Å². The van der Waals surface area contributed by atoms with Crippen LogP contribution in [0.3, 0.4) is 0 Å². The molecule has 90 valence electrons. The van der Waals surface area contributed by atoms with Crippen molar-refractivity contribution in [2.24, 2.45) is 0 Å². The normalized spacial score (nSPS) is 8.88. The Morgan fingerprint density at radius 2 is 1.19 bits per heavy atom. The zero-order valence-electron chi connectivity index (χ0n) is 8.40. The molecule has 0 rings (SSSR count). The molecule has 0 aromatic carbocycles. The summed E-state index contributed by atoms with van der Waals surface area (Å²) in [5, 5.41) is 7.23. The summed E-state index contributed by atoms with van der Waals surface area (Å²) in [4.78, 5) is 0. The van der Waals surface area contributed by atoms with Crippen LogP contribution in [0.5, 0.6) is 0 Å². The van der Waals surface area contributed by atoms with Gasteiger partial charge in [-0.1, -0.05) is 36.4 Å². The predicted octanol–water partition coefficient (Wildman–Crippen LogP) is 1.33. The summed E-state index contributed by atoms with van der Waals surface area (Å²) in [7, 11) is 0. The molecule has 0 spiro atoms. The molecule has 4 nitrogen and oxygen atoms in total. The van der Waals surface area contributed by atoms with Gasteiger partial charge in [-0.15, -0.1) is 0 Å². The molecular weight excluding hydrogens is 287 g/mol. The molecular formula is C8H12Cl2N4S2. The van der Waals surface area contributed by atoms with Gasteiger partial charge in [-0.05, 0) is 24.4 Å². The van der Waals surface area contributed by atoms with E-state index in [0.717, 1.165) is 0 Å². The van der Waals surface area contributed by atoms with E-state index >= 15 is 0 Å².